The van der Waals surface area contributed by atoms with Crippen LogP contribution in [0.4, 0.5) is 0 Å². The van der Waals surface area contributed by atoms with E-state index in [-0.39, 0.29) is 6.10 Å². The van der Waals surface area contributed by atoms with Gasteiger partial charge in [0, 0.05) is 43.5 Å². The molecule has 1 saturated heterocycles. The number of benzene rings is 1. The molecule has 0 spiro atoms. The number of hydrogen-bond acceptors (Lipinski definition) is 4. The highest BCUT2D eigenvalue weighted by Gasteiger charge is 2.25. The van der Waals surface area contributed by atoms with Crippen molar-refractivity contribution >= 4 is 16.7 Å². The van der Waals surface area contributed by atoms with Crippen molar-refractivity contribution in [2.24, 2.45) is 12.0 Å². The Bertz CT molecular complexity index is 961. The molecule has 146 valence electrons. The van der Waals surface area contributed by atoms with E-state index in [0.717, 1.165) is 42.2 Å². The van der Waals surface area contributed by atoms with Crippen molar-refractivity contribution < 1.29 is 4.74 Å². The van der Waals surface area contributed by atoms with E-state index < -0.39 is 0 Å². The number of nitrogens with zero attached hydrogens (tertiary/aromatic N) is 5. The van der Waals surface area contributed by atoms with Gasteiger partial charge in [0.1, 0.15) is 6.10 Å². The fourth-order valence-corrected chi connectivity index (χ4v) is 3.53. The molecule has 1 aliphatic rings. The number of aromatic nitrogens is 3. The Kier molecular flexibility index (Phi) is 5.53. The van der Waals surface area contributed by atoms with Crippen molar-refractivity contribution in [1.82, 2.24) is 25.0 Å². The summed E-state index contributed by atoms with van der Waals surface area (Å²) in [6.45, 7) is 5.67. The second kappa shape index (κ2) is 8.39. The number of hydrogen-bond donors (Lipinski definition) is 1. The van der Waals surface area contributed by atoms with Crippen molar-refractivity contribution in [1.29, 1.82) is 0 Å². The number of rotatable bonds is 4. The maximum atomic E-state index is 5.97. The summed E-state index contributed by atoms with van der Waals surface area (Å²) in [4.78, 5) is 11.7. The second-order valence-electron chi connectivity index (χ2n) is 6.90. The Morgan fingerprint density at radius 3 is 3.04 bits per heavy atom. The summed E-state index contributed by atoms with van der Waals surface area (Å²) in [6.07, 6.45) is 5.74. The first-order chi connectivity index (χ1) is 13.7. The minimum atomic E-state index is 0.00184. The largest absolute Gasteiger partial charge is 0.370 e. The molecule has 0 amide bonds. The van der Waals surface area contributed by atoms with Gasteiger partial charge in [-0.15, -0.1) is 0 Å². The van der Waals surface area contributed by atoms with Crippen LogP contribution in [0.1, 0.15) is 24.3 Å². The molecule has 4 rings (SSSR count). The highest BCUT2D eigenvalue weighted by atomic mass is 16.5. The molecule has 2 aromatic heterocycles. The van der Waals surface area contributed by atoms with Crippen molar-refractivity contribution in [3.8, 4) is 0 Å². The third-order valence-corrected chi connectivity index (χ3v) is 4.93. The smallest absolute Gasteiger partial charge is 0.194 e. The number of aryl methyl sites for hydroxylation is 1. The molecule has 0 aliphatic carbocycles. The Morgan fingerprint density at radius 1 is 1.32 bits per heavy atom. The number of nitrogens with one attached hydrogen (secondary N) is 1. The molecule has 7 heteroatoms. The van der Waals surface area contributed by atoms with Crippen molar-refractivity contribution in [3.63, 3.8) is 0 Å². The summed E-state index contributed by atoms with van der Waals surface area (Å²) in [7, 11) is 1.92. The second-order valence-corrected chi connectivity index (χ2v) is 6.90. The summed E-state index contributed by atoms with van der Waals surface area (Å²) >= 11 is 0. The Hall–Kier alpha value is -2.93. The van der Waals surface area contributed by atoms with Gasteiger partial charge < -0.3 is 15.0 Å². The lowest BCUT2D eigenvalue weighted by Crippen LogP contribution is -2.48. The van der Waals surface area contributed by atoms with E-state index in [4.69, 9.17) is 9.73 Å². The molecular weight excluding hydrogens is 352 g/mol. The Labute approximate surface area is 165 Å². The lowest BCUT2D eigenvalue weighted by molar-refractivity contribution is -0.00805. The fourth-order valence-electron chi connectivity index (χ4n) is 3.53. The molecule has 1 N–H and O–H groups in total. The average molecular weight is 378 g/mol. The first-order valence-electron chi connectivity index (χ1n) is 9.70. The minimum absolute atomic E-state index is 0.00184. The van der Waals surface area contributed by atoms with Gasteiger partial charge in [-0.1, -0.05) is 24.3 Å². The van der Waals surface area contributed by atoms with Crippen molar-refractivity contribution in [3.05, 3.63) is 60.2 Å². The molecule has 0 bridgehead atoms. The molecule has 28 heavy (non-hydrogen) atoms. The van der Waals surface area contributed by atoms with Crippen LogP contribution < -0.4 is 5.32 Å². The predicted molar refractivity (Wildman–Crippen MR) is 110 cm³/mol. The van der Waals surface area contributed by atoms with Gasteiger partial charge in [0.2, 0.25) is 0 Å². The van der Waals surface area contributed by atoms with Gasteiger partial charge in [0.25, 0.3) is 0 Å². The zero-order chi connectivity index (χ0) is 19.3. The zero-order valence-electron chi connectivity index (χ0n) is 16.4. The van der Waals surface area contributed by atoms with Gasteiger partial charge in [-0.3, -0.25) is 9.67 Å². The van der Waals surface area contributed by atoms with E-state index in [1.54, 1.807) is 0 Å². The van der Waals surface area contributed by atoms with Crippen LogP contribution >= 0.6 is 0 Å². The van der Waals surface area contributed by atoms with Crippen LogP contribution in [0.2, 0.25) is 0 Å². The summed E-state index contributed by atoms with van der Waals surface area (Å²) in [5.74, 6) is 0.898. The van der Waals surface area contributed by atoms with Crippen LogP contribution in [0.3, 0.4) is 0 Å². The molecule has 0 saturated carbocycles. The summed E-state index contributed by atoms with van der Waals surface area (Å²) in [6, 6.07) is 10.3. The van der Waals surface area contributed by atoms with E-state index in [9.17, 15) is 0 Å². The van der Waals surface area contributed by atoms with Crippen LogP contribution in [0.5, 0.6) is 0 Å². The van der Waals surface area contributed by atoms with Gasteiger partial charge in [-0.05, 0) is 18.4 Å². The number of guanidine groups is 1. The van der Waals surface area contributed by atoms with Crippen LogP contribution in [-0.4, -0.2) is 51.9 Å². The molecular formula is C21H26N6O. The van der Waals surface area contributed by atoms with E-state index in [1.807, 2.05) is 48.5 Å². The van der Waals surface area contributed by atoms with Crippen molar-refractivity contribution in [2.45, 2.75) is 19.6 Å². The maximum Gasteiger partial charge on any atom is 0.194 e. The number of fused-ring (bicyclic) bond motifs is 1. The molecule has 1 atom stereocenters. The average Bonchev–Trinajstić information content (AvgIpc) is 3.17. The van der Waals surface area contributed by atoms with Gasteiger partial charge in [0.15, 0.2) is 5.96 Å². The van der Waals surface area contributed by atoms with E-state index in [2.05, 4.69) is 39.4 Å². The minimum Gasteiger partial charge on any atom is -0.370 e. The first-order valence-corrected chi connectivity index (χ1v) is 9.70. The quantitative estimate of drug-likeness (QED) is 0.558. The van der Waals surface area contributed by atoms with Crippen LogP contribution in [0.15, 0.2) is 53.9 Å². The lowest BCUT2D eigenvalue weighted by Gasteiger charge is -2.34. The summed E-state index contributed by atoms with van der Waals surface area (Å²) < 4.78 is 7.77. The molecule has 7 nitrogen and oxygen atoms in total. The first kappa shape index (κ1) is 18.4. The van der Waals surface area contributed by atoms with Gasteiger partial charge in [-0.25, -0.2) is 4.99 Å². The molecule has 1 aliphatic heterocycles. The van der Waals surface area contributed by atoms with Gasteiger partial charge >= 0.3 is 0 Å². The number of pyridine rings is 1. The van der Waals surface area contributed by atoms with E-state index in [0.29, 0.717) is 13.2 Å². The van der Waals surface area contributed by atoms with Crippen LogP contribution in [-0.2, 0) is 18.3 Å². The monoisotopic (exact) mass is 378 g/mol. The summed E-state index contributed by atoms with van der Waals surface area (Å²) in [5, 5.41) is 10.0. The lowest BCUT2D eigenvalue weighted by atomic mass is 10.1. The molecule has 1 aromatic carbocycles. The Morgan fingerprint density at radius 2 is 2.21 bits per heavy atom. The van der Waals surface area contributed by atoms with Crippen LogP contribution in [0, 0.1) is 0 Å². The SMILES string of the molecule is CCNC(=NCc1nccc2ccccc12)N1CCOC(c2cnn(C)c2)C1. The standard InChI is InChI=1S/C21H26N6O/c1-3-22-21(24-13-19-18-7-5-4-6-16(18)8-9-23-19)27-10-11-28-20(15-27)17-12-25-26(2)14-17/h4-9,12,14,20H,3,10-11,13,15H2,1-2H3,(H,22,24). The highest BCUT2D eigenvalue weighted by Crippen LogP contribution is 2.22. The van der Waals surface area contributed by atoms with E-state index in [1.165, 1.54) is 5.39 Å². The topological polar surface area (TPSA) is 67.6 Å². The molecule has 1 unspecified atom stereocenters. The van der Waals surface area contributed by atoms with Gasteiger partial charge in [-0.2, -0.15) is 5.10 Å². The van der Waals surface area contributed by atoms with Crippen LogP contribution in [0.25, 0.3) is 10.8 Å². The molecule has 1 fully saturated rings. The third-order valence-electron chi connectivity index (χ3n) is 4.93. The number of morpholine rings is 1. The maximum absolute atomic E-state index is 5.97. The molecule has 3 heterocycles. The number of aliphatic imine (C=N–C) groups is 1. The number of ether oxygens (including phenoxy) is 1. The normalized spacial score (nSPS) is 17.9. The van der Waals surface area contributed by atoms with Crippen molar-refractivity contribution in [2.75, 3.05) is 26.2 Å². The Balaban J connectivity index is 1.54. The molecule has 3 aromatic rings. The predicted octanol–water partition coefficient (Wildman–Crippen LogP) is 2.51. The fraction of sp³-hybridized carbons (Fsp3) is 0.381. The summed E-state index contributed by atoms with van der Waals surface area (Å²) in [5.41, 5.74) is 2.09. The zero-order valence-corrected chi connectivity index (χ0v) is 16.4. The third kappa shape index (κ3) is 3.99. The highest BCUT2D eigenvalue weighted by molar-refractivity contribution is 5.85. The molecule has 0 radical (unpaired) electrons. The van der Waals surface area contributed by atoms with E-state index >= 15 is 0 Å². The van der Waals surface area contributed by atoms with Gasteiger partial charge in [0.05, 0.1) is 31.6 Å².